The first-order valence-electron chi connectivity index (χ1n) is 4.51. The summed E-state index contributed by atoms with van der Waals surface area (Å²) in [6, 6.07) is 4.79. The van der Waals surface area contributed by atoms with E-state index in [4.69, 9.17) is 10.8 Å². The minimum atomic E-state index is -3.15. The van der Waals surface area contributed by atoms with Crippen molar-refractivity contribution in [3.63, 3.8) is 0 Å². The predicted molar refractivity (Wildman–Crippen MR) is 51.9 cm³/mol. The number of benzene rings is 1. The third kappa shape index (κ3) is 3.82. The number of hydrogen-bond acceptors (Lipinski definition) is 4. The van der Waals surface area contributed by atoms with Crippen LogP contribution in [0.5, 0.6) is 5.75 Å². The number of carbonyl (C=O) groups excluding carboxylic acids is 1. The van der Waals surface area contributed by atoms with Crippen molar-refractivity contribution in [3.05, 3.63) is 29.8 Å². The van der Waals surface area contributed by atoms with Crippen molar-refractivity contribution in [1.29, 1.82) is 0 Å². The van der Waals surface area contributed by atoms with Gasteiger partial charge in [0.1, 0.15) is 11.8 Å². The van der Waals surface area contributed by atoms with Crippen LogP contribution in [0.4, 0.5) is 8.78 Å². The molecule has 0 aliphatic carbocycles. The molecule has 1 aromatic rings. The lowest BCUT2D eigenvalue weighted by atomic mass is 10.1. The van der Waals surface area contributed by atoms with Crippen molar-refractivity contribution in [1.82, 2.24) is 0 Å². The maximum absolute atomic E-state index is 11.7. The van der Waals surface area contributed by atoms with E-state index in [0.717, 1.165) is 0 Å². The zero-order valence-electron chi connectivity index (χ0n) is 8.27. The molecular formula is C10H11F2NO3. The Morgan fingerprint density at radius 3 is 2.44 bits per heavy atom. The number of phenols is 1. The number of esters is 1. The summed E-state index contributed by atoms with van der Waals surface area (Å²) in [6.07, 6.45) is 0.0752. The number of phenolic OH excluding ortho intramolecular Hbond substituents is 1. The van der Waals surface area contributed by atoms with Gasteiger partial charge >= 0.3 is 12.6 Å². The summed E-state index contributed by atoms with van der Waals surface area (Å²) in [4.78, 5) is 10.9. The van der Waals surface area contributed by atoms with E-state index in [9.17, 15) is 13.6 Å². The largest absolute Gasteiger partial charge is 0.508 e. The van der Waals surface area contributed by atoms with Gasteiger partial charge in [-0.1, -0.05) is 12.1 Å². The molecule has 0 saturated carbocycles. The number of hydrogen-bond donors (Lipinski definition) is 2. The van der Waals surface area contributed by atoms with Gasteiger partial charge < -0.3 is 15.6 Å². The fourth-order valence-corrected chi connectivity index (χ4v) is 1.14. The molecule has 0 bridgehead atoms. The molecule has 16 heavy (non-hydrogen) atoms. The van der Waals surface area contributed by atoms with Crippen molar-refractivity contribution >= 4 is 5.97 Å². The van der Waals surface area contributed by atoms with Crippen LogP contribution >= 0.6 is 0 Å². The summed E-state index contributed by atoms with van der Waals surface area (Å²) in [6.45, 7) is -3.15. The molecule has 0 unspecified atom stereocenters. The molecule has 6 heteroatoms. The summed E-state index contributed by atoms with van der Waals surface area (Å²) in [7, 11) is 0. The summed E-state index contributed by atoms with van der Waals surface area (Å²) >= 11 is 0. The lowest BCUT2D eigenvalue weighted by molar-refractivity contribution is -0.177. The van der Waals surface area contributed by atoms with Crippen LogP contribution in [-0.2, 0) is 16.0 Å². The van der Waals surface area contributed by atoms with E-state index in [1.165, 1.54) is 12.1 Å². The number of halogens is 2. The molecule has 0 aliphatic heterocycles. The highest BCUT2D eigenvalue weighted by Crippen LogP contribution is 2.11. The van der Waals surface area contributed by atoms with Gasteiger partial charge in [-0.3, -0.25) is 4.79 Å². The molecular weight excluding hydrogens is 220 g/mol. The van der Waals surface area contributed by atoms with E-state index in [-0.39, 0.29) is 12.2 Å². The zero-order valence-corrected chi connectivity index (χ0v) is 8.27. The summed E-state index contributed by atoms with van der Waals surface area (Å²) in [5, 5.41) is 9.00. The lowest BCUT2D eigenvalue weighted by Gasteiger charge is -2.10. The van der Waals surface area contributed by atoms with E-state index in [2.05, 4.69) is 4.74 Å². The van der Waals surface area contributed by atoms with Gasteiger partial charge in [0, 0.05) is 0 Å². The number of aromatic hydroxyl groups is 1. The summed E-state index contributed by atoms with van der Waals surface area (Å²) < 4.78 is 27.1. The molecule has 1 aromatic carbocycles. The van der Waals surface area contributed by atoms with E-state index < -0.39 is 18.6 Å². The Balaban J connectivity index is 2.53. The average Bonchev–Trinajstić information content (AvgIpc) is 2.20. The highest BCUT2D eigenvalue weighted by molar-refractivity contribution is 5.75. The third-order valence-corrected chi connectivity index (χ3v) is 1.90. The van der Waals surface area contributed by atoms with Gasteiger partial charge in [0.25, 0.3) is 0 Å². The molecule has 3 N–H and O–H groups in total. The number of rotatable bonds is 4. The van der Waals surface area contributed by atoms with Crippen LogP contribution in [0.25, 0.3) is 0 Å². The average molecular weight is 231 g/mol. The number of ether oxygens (including phenoxy) is 1. The second kappa shape index (κ2) is 5.41. The number of carbonyl (C=O) groups is 1. The minimum absolute atomic E-state index is 0.0752. The van der Waals surface area contributed by atoms with Crippen LogP contribution in [0, 0.1) is 0 Å². The van der Waals surface area contributed by atoms with E-state index in [1.807, 2.05) is 0 Å². The molecule has 0 radical (unpaired) electrons. The molecule has 0 saturated heterocycles. The number of nitrogens with two attached hydrogens (primary N) is 1. The molecule has 0 heterocycles. The van der Waals surface area contributed by atoms with Gasteiger partial charge in [-0.15, -0.1) is 0 Å². The van der Waals surface area contributed by atoms with Crippen molar-refractivity contribution in [2.45, 2.75) is 19.1 Å². The first-order chi connectivity index (χ1) is 7.49. The Kier molecular flexibility index (Phi) is 4.19. The Bertz CT molecular complexity index is 354. The van der Waals surface area contributed by atoms with Gasteiger partial charge in [0.2, 0.25) is 0 Å². The first kappa shape index (κ1) is 12.4. The van der Waals surface area contributed by atoms with Gasteiger partial charge in [-0.05, 0) is 24.1 Å². The second-order valence-corrected chi connectivity index (χ2v) is 3.17. The maximum atomic E-state index is 11.7. The fourth-order valence-electron chi connectivity index (χ4n) is 1.14. The summed E-state index contributed by atoms with van der Waals surface area (Å²) in [5.74, 6) is -1.07. The molecule has 0 amide bonds. The Labute approximate surface area is 90.6 Å². The Morgan fingerprint density at radius 1 is 1.38 bits per heavy atom. The number of alkyl halides is 2. The Morgan fingerprint density at radius 2 is 1.94 bits per heavy atom. The highest BCUT2D eigenvalue weighted by Gasteiger charge is 2.19. The van der Waals surface area contributed by atoms with Crippen molar-refractivity contribution in [2.24, 2.45) is 5.73 Å². The van der Waals surface area contributed by atoms with E-state index in [0.29, 0.717) is 5.56 Å². The van der Waals surface area contributed by atoms with Crippen LogP contribution in [0.15, 0.2) is 24.3 Å². The first-order valence-corrected chi connectivity index (χ1v) is 4.51. The van der Waals surface area contributed by atoms with Gasteiger partial charge in [0.05, 0.1) is 0 Å². The lowest BCUT2D eigenvalue weighted by Crippen LogP contribution is -2.35. The molecule has 88 valence electrons. The minimum Gasteiger partial charge on any atom is -0.508 e. The van der Waals surface area contributed by atoms with E-state index >= 15 is 0 Å². The normalized spacial score (nSPS) is 12.5. The van der Waals surface area contributed by atoms with Gasteiger partial charge in [0.15, 0.2) is 0 Å². The molecule has 0 spiro atoms. The predicted octanol–water partition coefficient (Wildman–Crippen LogP) is 1.03. The monoisotopic (exact) mass is 231 g/mol. The van der Waals surface area contributed by atoms with Gasteiger partial charge in [-0.2, -0.15) is 8.78 Å². The van der Waals surface area contributed by atoms with Crippen LogP contribution in [-0.4, -0.2) is 23.7 Å². The second-order valence-electron chi connectivity index (χ2n) is 3.17. The highest BCUT2D eigenvalue weighted by atomic mass is 19.3. The zero-order chi connectivity index (χ0) is 12.1. The molecule has 1 rings (SSSR count). The SMILES string of the molecule is N[C@@H](Cc1ccc(O)cc1)C(=O)OC(F)F. The van der Waals surface area contributed by atoms with Crippen molar-refractivity contribution in [2.75, 3.05) is 0 Å². The van der Waals surface area contributed by atoms with Crippen LogP contribution in [0.2, 0.25) is 0 Å². The Hall–Kier alpha value is -1.69. The third-order valence-electron chi connectivity index (χ3n) is 1.90. The molecule has 1 atom stereocenters. The van der Waals surface area contributed by atoms with Crippen molar-refractivity contribution < 1.29 is 23.4 Å². The van der Waals surface area contributed by atoms with Gasteiger partial charge in [-0.25, -0.2) is 0 Å². The smallest absolute Gasteiger partial charge is 0.389 e. The van der Waals surface area contributed by atoms with Crippen molar-refractivity contribution in [3.8, 4) is 5.75 Å². The maximum Gasteiger partial charge on any atom is 0.389 e. The molecule has 0 aromatic heterocycles. The van der Waals surface area contributed by atoms with Crippen LogP contribution in [0.1, 0.15) is 5.56 Å². The molecule has 0 fully saturated rings. The summed E-state index contributed by atoms with van der Waals surface area (Å²) in [5.41, 5.74) is 6.01. The van der Waals surface area contributed by atoms with Crippen LogP contribution < -0.4 is 5.73 Å². The topological polar surface area (TPSA) is 72.5 Å². The van der Waals surface area contributed by atoms with E-state index in [1.54, 1.807) is 12.1 Å². The molecule has 4 nitrogen and oxygen atoms in total. The standard InChI is InChI=1S/C10H11F2NO3/c11-10(12)16-9(15)8(13)5-6-1-3-7(14)4-2-6/h1-4,8,10,14H,5,13H2/t8-/m0/s1. The van der Waals surface area contributed by atoms with Crippen LogP contribution in [0.3, 0.4) is 0 Å². The molecule has 0 aliphatic rings. The quantitative estimate of drug-likeness (QED) is 0.759. The fraction of sp³-hybridized carbons (Fsp3) is 0.300.